The first-order valence-corrected chi connectivity index (χ1v) is 5.51. The molecule has 1 heterocycles. The van der Waals surface area contributed by atoms with Crippen LogP contribution in [0.3, 0.4) is 0 Å². The highest BCUT2D eigenvalue weighted by Gasteiger charge is 2.04. The summed E-state index contributed by atoms with van der Waals surface area (Å²) in [5.74, 6) is 0.818. The number of para-hydroxylation sites is 1. The van der Waals surface area contributed by atoms with Crippen LogP contribution in [0.5, 0.6) is 0 Å². The molecule has 0 fully saturated rings. The third-order valence-electron chi connectivity index (χ3n) is 2.36. The number of hydrogen-bond donors (Lipinski definition) is 2. The highest BCUT2D eigenvalue weighted by Crippen LogP contribution is 2.16. The van der Waals surface area contributed by atoms with Crippen molar-refractivity contribution in [2.75, 3.05) is 11.9 Å². The fourth-order valence-electron chi connectivity index (χ4n) is 1.62. The standard InChI is InChI=1S/C12H15N5/c1-3-14-11(13)17-12-15-8(2)9-6-4-5-7-10(9)16-12/h4-7H,3H2,1-2H3,(H3,13,14,15,16,17). The lowest BCUT2D eigenvalue weighted by molar-refractivity contribution is 1.10. The van der Waals surface area contributed by atoms with Crippen LogP contribution in [-0.2, 0) is 0 Å². The van der Waals surface area contributed by atoms with Crippen LogP contribution in [0.2, 0.25) is 0 Å². The molecule has 0 aliphatic carbocycles. The molecule has 88 valence electrons. The van der Waals surface area contributed by atoms with Gasteiger partial charge in [-0.25, -0.2) is 9.97 Å². The molecule has 0 amide bonds. The van der Waals surface area contributed by atoms with Gasteiger partial charge >= 0.3 is 0 Å². The van der Waals surface area contributed by atoms with Crippen molar-refractivity contribution in [1.29, 1.82) is 0 Å². The number of aromatic nitrogens is 2. The zero-order valence-corrected chi connectivity index (χ0v) is 9.94. The maximum Gasteiger partial charge on any atom is 0.230 e. The van der Waals surface area contributed by atoms with E-state index in [2.05, 4.69) is 20.3 Å². The Morgan fingerprint density at radius 1 is 1.35 bits per heavy atom. The van der Waals surface area contributed by atoms with Crippen molar-refractivity contribution in [3.8, 4) is 0 Å². The van der Waals surface area contributed by atoms with E-state index in [0.29, 0.717) is 18.5 Å². The smallest absolute Gasteiger partial charge is 0.230 e. The molecule has 17 heavy (non-hydrogen) atoms. The summed E-state index contributed by atoms with van der Waals surface area (Å²) in [4.78, 5) is 12.7. The van der Waals surface area contributed by atoms with Gasteiger partial charge in [-0.3, -0.25) is 10.3 Å². The van der Waals surface area contributed by atoms with Crippen molar-refractivity contribution in [2.24, 2.45) is 10.7 Å². The molecule has 0 unspecified atom stereocenters. The molecule has 0 saturated heterocycles. The van der Waals surface area contributed by atoms with E-state index in [1.54, 1.807) is 0 Å². The molecule has 1 aromatic carbocycles. The van der Waals surface area contributed by atoms with Crippen molar-refractivity contribution in [1.82, 2.24) is 9.97 Å². The van der Waals surface area contributed by atoms with Crippen LogP contribution in [0, 0.1) is 6.92 Å². The first-order chi connectivity index (χ1) is 8.20. The summed E-state index contributed by atoms with van der Waals surface area (Å²) in [5.41, 5.74) is 7.48. The monoisotopic (exact) mass is 229 g/mol. The lowest BCUT2D eigenvalue weighted by Crippen LogP contribution is -2.24. The molecule has 2 rings (SSSR count). The van der Waals surface area contributed by atoms with Crippen LogP contribution in [0.15, 0.2) is 29.3 Å². The summed E-state index contributed by atoms with van der Waals surface area (Å²) >= 11 is 0. The molecule has 5 nitrogen and oxygen atoms in total. The van der Waals surface area contributed by atoms with Crippen molar-refractivity contribution in [2.45, 2.75) is 13.8 Å². The number of guanidine groups is 1. The van der Waals surface area contributed by atoms with Gasteiger partial charge in [0.05, 0.1) is 11.2 Å². The first-order valence-electron chi connectivity index (χ1n) is 5.51. The number of aryl methyl sites for hydroxylation is 1. The number of nitrogens with two attached hydrogens (primary N) is 1. The van der Waals surface area contributed by atoms with E-state index in [1.165, 1.54) is 0 Å². The van der Waals surface area contributed by atoms with E-state index in [-0.39, 0.29) is 0 Å². The summed E-state index contributed by atoms with van der Waals surface area (Å²) in [6.45, 7) is 4.49. The van der Waals surface area contributed by atoms with Gasteiger partial charge < -0.3 is 5.73 Å². The van der Waals surface area contributed by atoms with E-state index >= 15 is 0 Å². The average molecular weight is 229 g/mol. The number of rotatable bonds is 2. The Morgan fingerprint density at radius 3 is 2.88 bits per heavy atom. The molecule has 2 aromatic rings. The van der Waals surface area contributed by atoms with Gasteiger partial charge in [0, 0.05) is 11.9 Å². The van der Waals surface area contributed by atoms with E-state index < -0.39 is 0 Å². The highest BCUT2D eigenvalue weighted by atomic mass is 15.2. The van der Waals surface area contributed by atoms with Gasteiger partial charge in [-0.2, -0.15) is 0 Å². The fraction of sp³-hybridized carbons (Fsp3) is 0.250. The molecular formula is C12H15N5. The largest absolute Gasteiger partial charge is 0.370 e. The number of nitrogens with one attached hydrogen (secondary N) is 1. The molecule has 0 radical (unpaired) electrons. The summed E-state index contributed by atoms with van der Waals surface area (Å²) in [6.07, 6.45) is 0. The van der Waals surface area contributed by atoms with Gasteiger partial charge in [0.15, 0.2) is 5.96 Å². The highest BCUT2D eigenvalue weighted by molar-refractivity contribution is 5.92. The van der Waals surface area contributed by atoms with E-state index in [9.17, 15) is 0 Å². The lowest BCUT2D eigenvalue weighted by Gasteiger charge is -2.06. The Morgan fingerprint density at radius 2 is 2.12 bits per heavy atom. The summed E-state index contributed by atoms with van der Waals surface area (Å²) < 4.78 is 0. The minimum absolute atomic E-state index is 0.335. The van der Waals surface area contributed by atoms with Gasteiger partial charge in [-0.05, 0) is 19.9 Å². The number of anilines is 1. The fourth-order valence-corrected chi connectivity index (χ4v) is 1.62. The Hall–Kier alpha value is -2.17. The quantitative estimate of drug-likeness (QED) is 0.607. The normalized spacial score (nSPS) is 11.8. The lowest BCUT2D eigenvalue weighted by atomic mass is 10.2. The minimum Gasteiger partial charge on any atom is -0.370 e. The third kappa shape index (κ3) is 2.50. The van der Waals surface area contributed by atoms with Gasteiger partial charge in [0.1, 0.15) is 0 Å². The van der Waals surface area contributed by atoms with Crippen LogP contribution >= 0.6 is 0 Å². The van der Waals surface area contributed by atoms with Crippen LogP contribution in [0.1, 0.15) is 12.6 Å². The van der Waals surface area contributed by atoms with E-state index in [0.717, 1.165) is 16.6 Å². The third-order valence-corrected chi connectivity index (χ3v) is 2.36. The molecular weight excluding hydrogens is 214 g/mol. The minimum atomic E-state index is 0.335. The zero-order chi connectivity index (χ0) is 12.3. The van der Waals surface area contributed by atoms with Crippen molar-refractivity contribution < 1.29 is 0 Å². The van der Waals surface area contributed by atoms with Crippen LogP contribution in [0.4, 0.5) is 5.95 Å². The average Bonchev–Trinajstić information content (AvgIpc) is 2.29. The number of fused-ring (bicyclic) bond motifs is 1. The van der Waals surface area contributed by atoms with Gasteiger partial charge in [-0.1, -0.05) is 18.2 Å². The maximum absolute atomic E-state index is 5.67. The molecule has 0 bridgehead atoms. The summed E-state index contributed by atoms with van der Waals surface area (Å²) in [6, 6.07) is 7.86. The molecule has 5 heteroatoms. The Kier molecular flexibility index (Phi) is 3.18. The Balaban J connectivity index is 2.40. The molecule has 0 spiro atoms. The SMILES string of the molecule is CCN=C(N)Nc1nc(C)c2ccccc2n1. The molecule has 0 aliphatic rings. The van der Waals surface area contributed by atoms with Crippen molar-refractivity contribution in [3.63, 3.8) is 0 Å². The molecule has 0 aliphatic heterocycles. The molecule has 1 aromatic heterocycles. The predicted molar refractivity (Wildman–Crippen MR) is 70.1 cm³/mol. The maximum atomic E-state index is 5.67. The first kappa shape index (κ1) is 11.3. The number of benzene rings is 1. The van der Waals surface area contributed by atoms with Gasteiger partial charge in [-0.15, -0.1) is 0 Å². The van der Waals surface area contributed by atoms with E-state index in [4.69, 9.17) is 5.73 Å². The second kappa shape index (κ2) is 4.78. The number of nitrogens with zero attached hydrogens (tertiary/aromatic N) is 3. The Labute approximate surface area is 99.8 Å². The molecule has 0 saturated carbocycles. The van der Waals surface area contributed by atoms with Crippen LogP contribution < -0.4 is 11.1 Å². The Bertz CT molecular complexity index is 562. The zero-order valence-electron chi connectivity index (χ0n) is 9.94. The topological polar surface area (TPSA) is 76.2 Å². The second-order valence-corrected chi connectivity index (χ2v) is 3.63. The predicted octanol–water partition coefficient (Wildman–Crippen LogP) is 1.68. The second-order valence-electron chi connectivity index (χ2n) is 3.63. The molecule has 0 atom stereocenters. The number of hydrogen-bond acceptors (Lipinski definition) is 3. The summed E-state index contributed by atoms with van der Waals surface area (Å²) in [5, 5.41) is 3.93. The van der Waals surface area contributed by atoms with Gasteiger partial charge in [0.25, 0.3) is 0 Å². The number of aliphatic imine (C=N–C) groups is 1. The van der Waals surface area contributed by atoms with Crippen LogP contribution in [-0.4, -0.2) is 22.5 Å². The van der Waals surface area contributed by atoms with E-state index in [1.807, 2.05) is 38.1 Å². The molecule has 3 N–H and O–H groups in total. The van der Waals surface area contributed by atoms with Crippen molar-refractivity contribution in [3.05, 3.63) is 30.0 Å². The van der Waals surface area contributed by atoms with Crippen molar-refractivity contribution >= 4 is 22.8 Å². The van der Waals surface area contributed by atoms with Gasteiger partial charge in [0.2, 0.25) is 5.95 Å². The summed E-state index contributed by atoms with van der Waals surface area (Å²) in [7, 11) is 0. The van der Waals surface area contributed by atoms with Crippen LogP contribution in [0.25, 0.3) is 10.9 Å².